The van der Waals surface area contributed by atoms with Crippen LogP contribution >= 0.6 is 0 Å². The number of nitrogens with zero attached hydrogens (tertiary/aromatic N) is 4. The minimum Gasteiger partial charge on any atom is -0.327 e. The molecule has 0 aliphatic rings. The van der Waals surface area contributed by atoms with E-state index in [-0.39, 0.29) is 0 Å². The van der Waals surface area contributed by atoms with Crippen LogP contribution in [0.15, 0.2) is 18.5 Å². The Morgan fingerprint density at radius 2 is 2.19 bits per heavy atom. The lowest BCUT2D eigenvalue weighted by Crippen LogP contribution is -2.22. The summed E-state index contributed by atoms with van der Waals surface area (Å²) in [5.74, 6) is 0. The molecule has 86 valence electrons. The Labute approximate surface area is 95.9 Å². The summed E-state index contributed by atoms with van der Waals surface area (Å²) in [5, 5.41) is 9.38. The Hall–Kier alpha value is -1.42. The van der Waals surface area contributed by atoms with Gasteiger partial charge in [-0.2, -0.15) is 5.10 Å². The highest BCUT2D eigenvalue weighted by Gasteiger charge is 2.12. The van der Waals surface area contributed by atoms with E-state index in [0.717, 1.165) is 12.2 Å². The Kier molecular flexibility index (Phi) is 2.92. The average molecular weight is 218 g/mol. The normalized spacial score (nSPS) is 13.6. The third-order valence-corrected chi connectivity index (χ3v) is 2.81. The molecule has 4 heteroatoms. The summed E-state index contributed by atoms with van der Waals surface area (Å²) in [5.41, 5.74) is 2.24. The molecule has 0 aromatic carbocycles. The van der Waals surface area contributed by atoms with Crippen LogP contribution < -0.4 is 0 Å². The van der Waals surface area contributed by atoms with E-state index in [1.165, 1.54) is 10.9 Å². The molecule has 0 N–H and O–H groups in total. The van der Waals surface area contributed by atoms with Gasteiger partial charge in [-0.1, -0.05) is 0 Å². The maximum absolute atomic E-state index is 4.22. The molecule has 0 aliphatic heterocycles. The molecular weight excluding hydrogens is 200 g/mol. The maximum atomic E-state index is 4.22. The zero-order chi connectivity index (χ0) is 11.7. The van der Waals surface area contributed by atoms with E-state index in [4.69, 9.17) is 0 Å². The van der Waals surface area contributed by atoms with Crippen molar-refractivity contribution in [2.45, 2.75) is 19.9 Å². The van der Waals surface area contributed by atoms with Crippen molar-refractivity contribution in [3.05, 3.63) is 24.0 Å². The van der Waals surface area contributed by atoms with Gasteiger partial charge in [-0.3, -0.25) is 0 Å². The molecular formula is C12H18N4. The zero-order valence-corrected chi connectivity index (χ0v) is 10.3. The Morgan fingerprint density at radius 1 is 1.44 bits per heavy atom. The second-order valence-electron chi connectivity index (χ2n) is 4.60. The zero-order valence-electron chi connectivity index (χ0n) is 10.3. The average Bonchev–Trinajstić information content (AvgIpc) is 2.56. The number of hydrogen-bond donors (Lipinski definition) is 0. The molecule has 2 rings (SSSR count). The van der Waals surface area contributed by atoms with E-state index < -0.39 is 0 Å². The quantitative estimate of drug-likeness (QED) is 0.788. The molecule has 0 bridgehead atoms. The highest BCUT2D eigenvalue weighted by Crippen LogP contribution is 2.21. The van der Waals surface area contributed by atoms with Gasteiger partial charge in [0.15, 0.2) is 5.65 Å². The monoisotopic (exact) mass is 218 g/mol. The van der Waals surface area contributed by atoms with Gasteiger partial charge >= 0.3 is 0 Å². The number of aryl methyl sites for hydroxylation is 1. The fraction of sp³-hybridized carbons (Fsp3) is 0.500. The van der Waals surface area contributed by atoms with Crippen LogP contribution in [0.25, 0.3) is 11.0 Å². The highest BCUT2D eigenvalue weighted by atomic mass is 15.2. The molecule has 0 unspecified atom stereocenters. The Balaban J connectivity index is 2.44. The van der Waals surface area contributed by atoms with E-state index in [1.807, 2.05) is 6.07 Å². The van der Waals surface area contributed by atoms with Crippen molar-refractivity contribution in [1.82, 2.24) is 19.7 Å². The van der Waals surface area contributed by atoms with Crippen molar-refractivity contribution >= 4 is 11.0 Å². The predicted octanol–water partition coefficient (Wildman–Crippen LogP) is 1.86. The molecule has 0 amide bonds. The molecule has 4 nitrogen and oxygen atoms in total. The van der Waals surface area contributed by atoms with Crippen LogP contribution in [0.1, 0.15) is 18.5 Å². The van der Waals surface area contributed by atoms with E-state index in [0.29, 0.717) is 6.04 Å². The van der Waals surface area contributed by atoms with Crippen molar-refractivity contribution in [1.29, 1.82) is 0 Å². The first-order valence-corrected chi connectivity index (χ1v) is 5.53. The first-order chi connectivity index (χ1) is 7.59. The molecule has 16 heavy (non-hydrogen) atoms. The van der Waals surface area contributed by atoms with Gasteiger partial charge < -0.3 is 9.47 Å². The summed E-state index contributed by atoms with van der Waals surface area (Å²) in [6, 6.07) is 2.43. The smallest absolute Gasteiger partial charge is 0.163 e. The summed E-state index contributed by atoms with van der Waals surface area (Å²) < 4.78 is 2.21. The maximum Gasteiger partial charge on any atom is 0.163 e. The third-order valence-electron chi connectivity index (χ3n) is 2.81. The van der Waals surface area contributed by atoms with E-state index in [1.54, 1.807) is 6.20 Å². The molecule has 1 atom stereocenters. The summed E-state index contributed by atoms with van der Waals surface area (Å²) in [7, 11) is 4.17. The van der Waals surface area contributed by atoms with E-state index >= 15 is 0 Å². The van der Waals surface area contributed by atoms with Crippen LogP contribution in [-0.2, 0) is 0 Å². The molecule has 0 spiro atoms. The summed E-state index contributed by atoms with van der Waals surface area (Å²) in [6.45, 7) is 5.32. The number of rotatable bonds is 3. The lowest BCUT2D eigenvalue weighted by atomic mass is 10.3. The highest BCUT2D eigenvalue weighted by molar-refractivity contribution is 5.79. The second kappa shape index (κ2) is 4.22. The van der Waals surface area contributed by atoms with Gasteiger partial charge in [0.1, 0.15) is 0 Å². The van der Waals surface area contributed by atoms with Gasteiger partial charge in [0.2, 0.25) is 0 Å². The number of fused-ring (bicyclic) bond motifs is 1. The van der Waals surface area contributed by atoms with Crippen molar-refractivity contribution in [2.24, 2.45) is 0 Å². The standard InChI is InChI=1S/C12H18N4/c1-9-7-16(10(2)8-15(3)4)12-11(9)5-6-13-14-12/h5-7,10H,8H2,1-4H3/t10-/m0/s1. The first-order valence-electron chi connectivity index (χ1n) is 5.53. The summed E-state index contributed by atoms with van der Waals surface area (Å²) >= 11 is 0. The Bertz CT molecular complexity index is 487. The van der Waals surface area contributed by atoms with E-state index in [2.05, 4.69) is 53.8 Å². The van der Waals surface area contributed by atoms with Crippen molar-refractivity contribution in [2.75, 3.05) is 20.6 Å². The number of aromatic nitrogens is 3. The van der Waals surface area contributed by atoms with Crippen molar-refractivity contribution in [3.8, 4) is 0 Å². The van der Waals surface area contributed by atoms with Gasteiger partial charge in [-0.25, -0.2) is 0 Å². The van der Waals surface area contributed by atoms with Crippen molar-refractivity contribution < 1.29 is 0 Å². The SMILES string of the molecule is Cc1cn([C@@H](C)CN(C)C)c2nnccc12. The lowest BCUT2D eigenvalue weighted by Gasteiger charge is -2.18. The topological polar surface area (TPSA) is 34.0 Å². The van der Waals surface area contributed by atoms with Crippen LogP contribution in [0.5, 0.6) is 0 Å². The second-order valence-corrected chi connectivity index (χ2v) is 4.60. The molecule has 0 radical (unpaired) electrons. The molecule has 2 heterocycles. The molecule has 0 fully saturated rings. The molecule has 2 aromatic rings. The van der Waals surface area contributed by atoms with Crippen molar-refractivity contribution in [3.63, 3.8) is 0 Å². The fourth-order valence-electron chi connectivity index (χ4n) is 2.11. The van der Waals surface area contributed by atoms with Gasteiger partial charge in [-0.15, -0.1) is 5.10 Å². The van der Waals surface area contributed by atoms with Crippen LogP contribution in [0.3, 0.4) is 0 Å². The van der Waals surface area contributed by atoms with Crippen LogP contribution in [-0.4, -0.2) is 40.3 Å². The summed E-state index contributed by atoms with van der Waals surface area (Å²) in [4.78, 5) is 2.18. The van der Waals surface area contributed by atoms with Gasteiger partial charge in [0.05, 0.1) is 6.20 Å². The number of likely N-dealkylation sites (N-methyl/N-ethyl adjacent to an activating group) is 1. The first kappa shape index (κ1) is 11.1. The largest absolute Gasteiger partial charge is 0.327 e. The Morgan fingerprint density at radius 3 is 2.88 bits per heavy atom. The van der Waals surface area contributed by atoms with Gasteiger partial charge in [-0.05, 0) is 39.6 Å². The van der Waals surface area contributed by atoms with Gasteiger partial charge in [0.25, 0.3) is 0 Å². The lowest BCUT2D eigenvalue weighted by molar-refractivity contribution is 0.340. The van der Waals surface area contributed by atoms with E-state index in [9.17, 15) is 0 Å². The van der Waals surface area contributed by atoms with Crippen LogP contribution in [0.2, 0.25) is 0 Å². The minimum atomic E-state index is 0.405. The fourth-order valence-corrected chi connectivity index (χ4v) is 2.11. The molecule has 0 saturated heterocycles. The third kappa shape index (κ3) is 1.93. The predicted molar refractivity (Wildman–Crippen MR) is 65.5 cm³/mol. The molecule has 0 saturated carbocycles. The molecule has 2 aromatic heterocycles. The van der Waals surface area contributed by atoms with Crippen LogP contribution in [0, 0.1) is 6.92 Å². The minimum absolute atomic E-state index is 0.405. The number of hydrogen-bond acceptors (Lipinski definition) is 3. The molecule has 0 aliphatic carbocycles. The van der Waals surface area contributed by atoms with Gasteiger partial charge in [0, 0.05) is 24.2 Å². The van der Waals surface area contributed by atoms with Crippen LogP contribution in [0.4, 0.5) is 0 Å². The summed E-state index contributed by atoms with van der Waals surface area (Å²) in [6.07, 6.45) is 3.91.